The number of nitrogens with zero attached hydrogens (tertiary/aromatic N) is 1. The number of carbonyl (C=O) groups is 3. The average molecular weight is 593 g/mol. The molecule has 0 fully saturated rings. The third kappa shape index (κ3) is 6.10. The van der Waals surface area contributed by atoms with Crippen LogP contribution >= 0.6 is 0 Å². The van der Waals surface area contributed by atoms with Gasteiger partial charge >= 0.3 is 235 Å². The second-order valence-electron chi connectivity index (χ2n) is 9.10. The van der Waals surface area contributed by atoms with E-state index in [2.05, 4.69) is 34.4 Å². The molecule has 1 aliphatic heterocycles. The van der Waals surface area contributed by atoms with Crippen molar-refractivity contribution in [2.45, 2.75) is 26.0 Å². The Hall–Kier alpha value is -3.81. The molecule has 9 nitrogen and oxygen atoms in total. The SMILES string of the molecule is CCN(CC)CC[AsH]C(=O)c1c(C)[nH]c(C=C2C(=O)Nc3ccc(NC(=O)O)cc32)c1-c1ccccc1OC. The number of nitrogens with one attached hydrogen (secondary N) is 3. The summed E-state index contributed by atoms with van der Waals surface area (Å²) in [5.41, 5.74) is 5.33. The van der Waals surface area contributed by atoms with Crippen molar-refractivity contribution in [2.24, 2.45) is 0 Å². The maximum absolute atomic E-state index is 13.7. The van der Waals surface area contributed by atoms with Crippen molar-refractivity contribution >= 4 is 55.3 Å². The molecular weight excluding hydrogens is 559 g/mol. The fourth-order valence-electron chi connectivity index (χ4n) is 4.80. The average Bonchev–Trinajstić information content (AvgIpc) is 3.41. The molecule has 3 aromatic rings. The van der Waals surface area contributed by atoms with Gasteiger partial charge in [-0.15, -0.1) is 0 Å². The van der Waals surface area contributed by atoms with E-state index in [1.807, 2.05) is 31.2 Å². The first-order valence-corrected chi connectivity index (χ1v) is 15.3. The van der Waals surface area contributed by atoms with Gasteiger partial charge < -0.3 is 0 Å². The first kappa shape index (κ1) is 28.2. The van der Waals surface area contributed by atoms with Crippen LogP contribution < -0.4 is 15.4 Å². The molecule has 2 aromatic carbocycles. The quantitative estimate of drug-likeness (QED) is 0.185. The Morgan fingerprint density at radius 2 is 1.87 bits per heavy atom. The number of hydrogen-bond acceptors (Lipinski definition) is 5. The van der Waals surface area contributed by atoms with Crippen molar-refractivity contribution in [3.8, 4) is 16.9 Å². The van der Waals surface area contributed by atoms with Crippen molar-refractivity contribution in [2.75, 3.05) is 37.4 Å². The normalized spacial score (nSPS) is 13.8. The Kier molecular flexibility index (Phi) is 8.94. The van der Waals surface area contributed by atoms with Crippen molar-refractivity contribution in [3.05, 3.63) is 65.0 Å². The summed E-state index contributed by atoms with van der Waals surface area (Å²) in [5, 5.41) is 15.2. The van der Waals surface area contributed by atoms with Crippen molar-refractivity contribution in [3.63, 3.8) is 0 Å². The van der Waals surface area contributed by atoms with E-state index in [4.69, 9.17) is 9.84 Å². The molecule has 1 unspecified atom stereocenters. The first-order chi connectivity index (χ1) is 18.8. The molecule has 1 atom stereocenters. The molecule has 204 valence electrons. The third-order valence-corrected chi connectivity index (χ3v) is 8.96. The number of methoxy groups -OCH3 is 1. The second-order valence-corrected chi connectivity index (χ2v) is 11.8. The summed E-state index contributed by atoms with van der Waals surface area (Å²) < 4.78 is 5.80. The fraction of sp³-hybridized carbons (Fsp3) is 0.276. The molecule has 0 saturated carbocycles. The Morgan fingerprint density at radius 1 is 1.13 bits per heavy atom. The first-order valence-electron chi connectivity index (χ1n) is 12.8. The number of aryl methyl sites for hydroxylation is 1. The van der Waals surface area contributed by atoms with Gasteiger partial charge in [-0.2, -0.15) is 0 Å². The van der Waals surface area contributed by atoms with Gasteiger partial charge in [-0.3, -0.25) is 0 Å². The number of ether oxygens (including phenoxy) is 1. The number of benzene rings is 2. The van der Waals surface area contributed by atoms with E-state index in [0.29, 0.717) is 45.1 Å². The van der Waals surface area contributed by atoms with Gasteiger partial charge in [-0.1, -0.05) is 0 Å². The predicted molar refractivity (Wildman–Crippen MR) is 156 cm³/mol. The van der Waals surface area contributed by atoms with E-state index in [1.54, 1.807) is 31.4 Å². The van der Waals surface area contributed by atoms with Crippen molar-refractivity contribution in [1.82, 2.24) is 9.88 Å². The molecule has 0 radical (unpaired) electrons. The van der Waals surface area contributed by atoms with Crippen LogP contribution in [0.2, 0.25) is 5.21 Å². The van der Waals surface area contributed by atoms with Gasteiger partial charge in [0.25, 0.3) is 0 Å². The number of H-pyrrole nitrogens is 1. The van der Waals surface area contributed by atoms with Crippen LogP contribution in [0.5, 0.6) is 5.75 Å². The van der Waals surface area contributed by atoms with Crippen molar-refractivity contribution < 1.29 is 24.2 Å². The minimum absolute atomic E-state index is 0.144. The number of carboxylic acid groups (broad SMARTS) is 1. The molecule has 1 aromatic heterocycles. The van der Waals surface area contributed by atoms with Crippen LogP contribution in [0, 0.1) is 6.92 Å². The molecule has 0 saturated heterocycles. The Labute approximate surface area is 234 Å². The molecule has 4 rings (SSSR count). The van der Waals surface area contributed by atoms with Crippen LogP contribution in [0.1, 0.15) is 41.2 Å². The van der Waals surface area contributed by atoms with Crippen LogP contribution in [0.4, 0.5) is 16.2 Å². The van der Waals surface area contributed by atoms with Crippen LogP contribution in [0.3, 0.4) is 0 Å². The Morgan fingerprint density at radius 3 is 2.56 bits per heavy atom. The van der Waals surface area contributed by atoms with E-state index in [9.17, 15) is 14.4 Å². The van der Waals surface area contributed by atoms with Gasteiger partial charge in [0.05, 0.1) is 0 Å². The van der Waals surface area contributed by atoms with Gasteiger partial charge in [0, 0.05) is 0 Å². The number of anilines is 2. The van der Waals surface area contributed by atoms with E-state index >= 15 is 0 Å². The number of rotatable bonds is 11. The second kappa shape index (κ2) is 12.4. The van der Waals surface area contributed by atoms with E-state index < -0.39 is 21.8 Å². The Bertz CT molecular complexity index is 1440. The number of para-hydroxylation sites is 1. The Balaban J connectivity index is 1.81. The number of aromatic nitrogens is 1. The molecule has 0 aliphatic carbocycles. The number of carbonyl (C=O) groups excluding carboxylic acids is 2. The molecule has 0 spiro atoms. The van der Waals surface area contributed by atoms with E-state index in [1.165, 1.54) is 0 Å². The molecule has 39 heavy (non-hydrogen) atoms. The third-order valence-electron chi connectivity index (χ3n) is 6.77. The zero-order valence-electron chi connectivity index (χ0n) is 22.5. The topological polar surface area (TPSA) is 124 Å². The number of fused-ring (bicyclic) bond motifs is 1. The van der Waals surface area contributed by atoms with Crippen LogP contribution in [-0.2, 0) is 4.79 Å². The van der Waals surface area contributed by atoms with Gasteiger partial charge in [-0.25, -0.2) is 0 Å². The summed E-state index contributed by atoms with van der Waals surface area (Å²) >= 11 is -0.934. The molecule has 10 heteroatoms. The zero-order valence-corrected chi connectivity index (χ0v) is 24.6. The number of hydrogen-bond donors (Lipinski definition) is 4. The summed E-state index contributed by atoms with van der Waals surface area (Å²) in [7, 11) is 1.59. The zero-order chi connectivity index (χ0) is 28.1. The predicted octanol–water partition coefficient (Wildman–Crippen LogP) is 4.92. The van der Waals surface area contributed by atoms with Crippen LogP contribution in [0.25, 0.3) is 22.8 Å². The maximum atomic E-state index is 13.7. The molecule has 4 N–H and O–H groups in total. The van der Waals surface area contributed by atoms with Gasteiger partial charge in [0.15, 0.2) is 0 Å². The summed E-state index contributed by atoms with van der Waals surface area (Å²) in [5.74, 6) is 0.314. The standard InChI is InChI=1S/C29H33AsN4O5/c1-5-34(6-2)14-13-30-27(35)25-17(3)31-23(26(25)19-9-7-8-10-24(19)39-4)16-21-20-15-18(32-29(37)38)11-12-22(20)33-28(21)36/h7-12,15-16,30-32H,5-6,13-14H2,1-4H3,(H,33,36)(H,37,38). The minimum atomic E-state index is -1.19. The number of aromatic amines is 1. The van der Waals surface area contributed by atoms with E-state index in [-0.39, 0.29) is 10.5 Å². The fourth-order valence-corrected chi connectivity index (χ4v) is 7.21. The van der Waals surface area contributed by atoms with Crippen LogP contribution in [0.15, 0.2) is 42.5 Å². The van der Waals surface area contributed by atoms with Crippen molar-refractivity contribution in [1.29, 1.82) is 0 Å². The molecular formula is C29H33AsN4O5. The summed E-state index contributed by atoms with van der Waals surface area (Å²) in [6.07, 6.45) is 0.539. The molecule has 1 aliphatic rings. The van der Waals surface area contributed by atoms with Gasteiger partial charge in [0.2, 0.25) is 0 Å². The summed E-state index contributed by atoms with van der Waals surface area (Å²) in [6.45, 7) is 8.93. The number of amides is 2. The molecule has 2 heterocycles. The van der Waals surface area contributed by atoms with Gasteiger partial charge in [0.1, 0.15) is 0 Å². The summed E-state index contributed by atoms with van der Waals surface area (Å²) in [6, 6.07) is 12.4. The van der Waals surface area contributed by atoms with Crippen LogP contribution in [-0.4, -0.2) is 74.1 Å². The molecule has 2 amide bonds. The molecule has 0 bridgehead atoms. The van der Waals surface area contributed by atoms with E-state index in [0.717, 1.165) is 36.1 Å². The summed E-state index contributed by atoms with van der Waals surface area (Å²) in [4.78, 5) is 43.5. The monoisotopic (exact) mass is 592 g/mol. The van der Waals surface area contributed by atoms with Gasteiger partial charge in [-0.05, 0) is 0 Å².